The molecule has 0 bridgehead atoms. The predicted octanol–water partition coefficient (Wildman–Crippen LogP) is 1.38. The van der Waals surface area contributed by atoms with Gasteiger partial charge in [-0.2, -0.15) is 0 Å². The Morgan fingerprint density at radius 2 is 1.89 bits per heavy atom. The lowest BCUT2D eigenvalue weighted by molar-refractivity contribution is -0.150. The third-order valence-corrected chi connectivity index (χ3v) is 2.50. The smallest absolute Gasteiger partial charge is 0.339 e. The minimum atomic E-state index is -1.53. The molecule has 0 saturated heterocycles. The molecule has 5 nitrogen and oxygen atoms in total. The molecule has 1 rings (SSSR count). The number of hydrogen-bond donors (Lipinski definition) is 1. The van der Waals surface area contributed by atoms with Gasteiger partial charge in [0, 0.05) is 17.2 Å². The van der Waals surface area contributed by atoms with Crippen molar-refractivity contribution in [3.8, 4) is 11.5 Å². The lowest BCUT2D eigenvalue weighted by Gasteiger charge is -2.16. The van der Waals surface area contributed by atoms with E-state index >= 15 is 0 Å². The van der Waals surface area contributed by atoms with Gasteiger partial charge in [-0.05, 0) is 6.07 Å². The van der Waals surface area contributed by atoms with Crippen molar-refractivity contribution < 1.29 is 28.5 Å². The molecular weight excluding hydrogens is 243 g/mol. The second-order valence-corrected chi connectivity index (χ2v) is 3.47. The maximum atomic E-state index is 12.8. The number of esters is 1. The molecule has 6 heteroatoms. The fourth-order valence-electron chi connectivity index (χ4n) is 1.55. The molecule has 0 aliphatic carbocycles. The van der Waals surface area contributed by atoms with Crippen LogP contribution in [-0.2, 0) is 16.2 Å². The van der Waals surface area contributed by atoms with Gasteiger partial charge >= 0.3 is 5.97 Å². The van der Waals surface area contributed by atoms with E-state index in [-0.39, 0.29) is 22.6 Å². The Hall–Kier alpha value is -1.82. The van der Waals surface area contributed by atoms with Crippen LogP contribution >= 0.6 is 0 Å². The van der Waals surface area contributed by atoms with E-state index in [1.165, 1.54) is 26.4 Å². The Kier molecular flexibility index (Phi) is 4.91. The van der Waals surface area contributed by atoms with Gasteiger partial charge < -0.3 is 19.3 Å². The van der Waals surface area contributed by atoms with Crippen LogP contribution in [0.5, 0.6) is 11.5 Å². The number of ether oxygens (including phenoxy) is 3. The lowest BCUT2D eigenvalue weighted by Crippen LogP contribution is -2.15. The molecule has 1 atom stereocenters. The molecule has 0 saturated carbocycles. The molecule has 1 aromatic rings. The standard InChI is InChI=1S/C12H15FO5/c1-16-9-5-10(17-2)8(4-7(9)6-13)11(14)12(15)18-3/h4-5,11,14H,6H2,1-3H3. The number of alkyl halides is 1. The lowest BCUT2D eigenvalue weighted by atomic mass is 10.0. The number of aliphatic hydroxyl groups excluding tert-OH is 1. The van der Waals surface area contributed by atoms with E-state index in [4.69, 9.17) is 9.47 Å². The molecule has 0 aliphatic rings. The SMILES string of the molecule is COC(=O)C(O)c1cc(CF)c(OC)cc1OC. The summed E-state index contributed by atoms with van der Waals surface area (Å²) in [7, 11) is 3.92. The molecule has 1 N–H and O–H groups in total. The normalized spacial score (nSPS) is 11.8. The van der Waals surface area contributed by atoms with Crippen molar-refractivity contribution in [1.82, 2.24) is 0 Å². The van der Waals surface area contributed by atoms with Gasteiger partial charge in [-0.25, -0.2) is 9.18 Å². The molecule has 0 aromatic heterocycles. The fraction of sp³-hybridized carbons (Fsp3) is 0.417. The molecule has 1 aromatic carbocycles. The summed E-state index contributed by atoms with van der Waals surface area (Å²) in [6, 6.07) is 2.73. The van der Waals surface area contributed by atoms with Crippen LogP contribution in [-0.4, -0.2) is 32.4 Å². The largest absolute Gasteiger partial charge is 0.496 e. The topological polar surface area (TPSA) is 65.0 Å². The summed E-state index contributed by atoms with van der Waals surface area (Å²) in [4.78, 5) is 11.3. The average Bonchev–Trinajstić information content (AvgIpc) is 2.43. The number of hydrogen-bond acceptors (Lipinski definition) is 5. The second kappa shape index (κ2) is 6.20. The van der Waals surface area contributed by atoms with Gasteiger partial charge in [0.05, 0.1) is 21.3 Å². The number of methoxy groups -OCH3 is 3. The highest BCUT2D eigenvalue weighted by atomic mass is 19.1. The summed E-state index contributed by atoms with van der Waals surface area (Å²) >= 11 is 0. The van der Waals surface area contributed by atoms with Crippen molar-refractivity contribution in [2.24, 2.45) is 0 Å². The number of carbonyl (C=O) groups excluding carboxylic acids is 1. The number of halogens is 1. The van der Waals surface area contributed by atoms with Crippen molar-refractivity contribution in [3.05, 3.63) is 23.3 Å². The molecule has 0 amide bonds. The average molecular weight is 258 g/mol. The molecule has 0 heterocycles. The number of benzene rings is 1. The third kappa shape index (κ3) is 2.70. The van der Waals surface area contributed by atoms with Crippen molar-refractivity contribution >= 4 is 5.97 Å². The zero-order chi connectivity index (χ0) is 13.7. The maximum Gasteiger partial charge on any atom is 0.339 e. The minimum Gasteiger partial charge on any atom is -0.496 e. The molecule has 0 radical (unpaired) electrons. The maximum absolute atomic E-state index is 12.8. The molecule has 18 heavy (non-hydrogen) atoms. The first kappa shape index (κ1) is 14.2. The van der Waals surface area contributed by atoms with Gasteiger partial charge in [-0.3, -0.25) is 0 Å². The first-order valence-electron chi connectivity index (χ1n) is 5.15. The molecule has 0 aliphatic heterocycles. The highest BCUT2D eigenvalue weighted by molar-refractivity contribution is 5.77. The van der Waals surface area contributed by atoms with Gasteiger partial charge in [-0.1, -0.05) is 0 Å². The molecule has 0 spiro atoms. The first-order chi connectivity index (χ1) is 8.58. The summed E-state index contributed by atoms with van der Waals surface area (Å²) in [6.07, 6.45) is -1.53. The quantitative estimate of drug-likeness (QED) is 0.808. The van der Waals surface area contributed by atoms with Crippen molar-refractivity contribution in [2.45, 2.75) is 12.8 Å². The Balaban J connectivity index is 3.29. The Bertz CT molecular complexity index is 433. The van der Waals surface area contributed by atoms with Crippen LogP contribution in [0, 0.1) is 0 Å². The molecule has 100 valence electrons. The summed E-state index contributed by atoms with van der Waals surface area (Å²) in [6.45, 7) is -0.784. The van der Waals surface area contributed by atoms with E-state index in [1.807, 2.05) is 0 Å². The van der Waals surface area contributed by atoms with Crippen LogP contribution in [0.3, 0.4) is 0 Å². The van der Waals surface area contributed by atoms with Crippen LogP contribution in [0.1, 0.15) is 17.2 Å². The van der Waals surface area contributed by atoms with Gasteiger partial charge in [0.25, 0.3) is 0 Å². The van der Waals surface area contributed by atoms with Crippen LogP contribution in [0.25, 0.3) is 0 Å². The summed E-state index contributed by atoms with van der Waals surface area (Å²) < 4.78 is 27.3. The summed E-state index contributed by atoms with van der Waals surface area (Å²) in [5.74, 6) is -0.333. The van der Waals surface area contributed by atoms with Gasteiger partial charge in [0.1, 0.15) is 18.2 Å². The van der Waals surface area contributed by atoms with E-state index in [1.54, 1.807) is 0 Å². The Morgan fingerprint density at radius 3 is 2.33 bits per heavy atom. The molecular formula is C12H15FO5. The predicted molar refractivity (Wildman–Crippen MR) is 61.3 cm³/mol. The second-order valence-electron chi connectivity index (χ2n) is 3.47. The third-order valence-electron chi connectivity index (χ3n) is 2.50. The van der Waals surface area contributed by atoms with E-state index < -0.39 is 18.7 Å². The van der Waals surface area contributed by atoms with Crippen LogP contribution < -0.4 is 9.47 Å². The van der Waals surface area contributed by atoms with Gasteiger partial charge in [0.2, 0.25) is 0 Å². The molecule has 0 fully saturated rings. The summed E-state index contributed by atoms with van der Waals surface area (Å²) in [5, 5.41) is 9.77. The highest BCUT2D eigenvalue weighted by Gasteiger charge is 2.24. The van der Waals surface area contributed by atoms with Crippen molar-refractivity contribution in [2.75, 3.05) is 21.3 Å². The highest BCUT2D eigenvalue weighted by Crippen LogP contribution is 2.33. The summed E-state index contributed by atoms with van der Waals surface area (Å²) in [5.41, 5.74) is 0.356. The number of rotatable bonds is 5. The zero-order valence-electron chi connectivity index (χ0n) is 10.4. The zero-order valence-corrected chi connectivity index (χ0v) is 10.4. The Labute approximate surface area is 104 Å². The van der Waals surface area contributed by atoms with E-state index in [0.29, 0.717) is 0 Å². The van der Waals surface area contributed by atoms with Crippen LogP contribution in [0.2, 0.25) is 0 Å². The van der Waals surface area contributed by atoms with E-state index in [2.05, 4.69) is 4.74 Å². The monoisotopic (exact) mass is 258 g/mol. The van der Waals surface area contributed by atoms with E-state index in [9.17, 15) is 14.3 Å². The van der Waals surface area contributed by atoms with Crippen LogP contribution in [0.4, 0.5) is 4.39 Å². The van der Waals surface area contributed by atoms with Crippen LogP contribution in [0.15, 0.2) is 12.1 Å². The van der Waals surface area contributed by atoms with E-state index in [0.717, 1.165) is 7.11 Å². The molecule has 1 unspecified atom stereocenters. The van der Waals surface area contributed by atoms with Gasteiger partial charge in [0.15, 0.2) is 6.10 Å². The number of aliphatic hydroxyl groups is 1. The van der Waals surface area contributed by atoms with Crippen molar-refractivity contribution in [1.29, 1.82) is 0 Å². The fourth-order valence-corrected chi connectivity index (χ4v) is 1.55. The first-order valence-corrected chi connectivity index (χ1v) is 5.15. The van der Waals surface area contributed by atoms with Crippen molar-refractivity contribution in [3.63, 3.8) is 0 Å². The Morgan fingerprint density at radius 1 is 1.28 bits per heavy atom. The van der Waals surface area contributed by atoms with Gasteiger partial charge in [-0.15, -0.1) is 0 Å². The minimum absolute atomic E-state index is 0.137. The number of carbonyl (C=O) groups is 1.